The second-order valence-electron chi connectivity index (χ2n) is 5.96. The molecule has 1 fully saturated rings. The van der Waals surface area contributed by atoms with Crippen LogP contribution in [-0.2, 0) is 17.9 Å². The lowest BCUT2D eigenvalue weighted by Gasteiger charge is -2.23. The minimum atomic E-state index is -0.0527. The summed E-state index contributed by atoms with van der Waals surface area (Å²) in [4.78, 5) is 22.5. The summed E-state index contributed by atoms with van der Waals surface area (Å²) < 4.78 is 0. The van der Waals surface area contributed by atoms with Crippen LogP contribution in [0.1, 0.15) is 48.6 Å². The molecule has 1 saturated heterocycles. The first-order valence-corrected chi connectivity index (χ1v) is 7.92. The monoisotopic (exact) mass is 314 g/mol. The van der Waals surface area contributed by atoms with Gasteiger partial charge in [0.2, 0.25) is 5.91 Å². The molecule has 23 heavy (non-hydrogen) atoms. The van der Waals surface area contributed by atoms with Crippen molar-refractivity contribution in [1.29, 1.82) is 0 Å². The Morgan fingerprint density at radius 2 is 2.39 bits per heavy atom. The molecule has 1 unspecified atom stereocenters. The van der Waals surface area contributed by atoms with Gasteiger partial charge in [0.05, 0.1) is 24.5 Å². The van der Waals surface area contributed by atoms with E-state index in [1.54, 1.807) is 6.20 Å². The minimum Gasteiger partial charge on any atom is -0.351 e. The van der Waals surface area contributed by atoms with Crippen LogP contribution in [0.2, 0.25) is 0 Å². The van der Waals surface area contributed by atoms with Gasteiger partial charge < -0.3 is 5.32 Å². The van der Waals surface area contributed by atoms with Crippen LogP contribution in [0, 0.1) is 6.92 Å². The molecular formula is C16H22N6O. The Balaban J connectivity index is 1.73. The molecule has 0 spiro atoms. The molecule has 7 nitrogen and oxygen atoms in total. The van der Waals surface area contributed by atoms with Crippen molar-refractivity contribution in [3.63, 3.8) is 0 Å². The predicted octanol–water partition coefficient (Wildman–Crippen LogP) is 1.48. The summed E-state index contributed by atoms with van der Waals surface area (Å²) in [6, 6.07) is 2.07. The lowest BCUT2D eigenvalue weighted by molar-refractivity contribution is -0.119. The zero-order valence-electron chi connectivity index (χ0n) is 13.5. The van der Waals surface area contributed by atoms with Crippen LogP contribution < -0.4 is 5.32 Å². The van der Waals surface area contributed by atoms with Gasteiger partial charge in [-0.15, -0.1) is 0 Å². The quantitative estimate of drug-likeness (QED) is 0.873. The minimum absolute atomic E-state index is 0.0527. The number of amides is 1. The van der Waals surface area contributed by atoms with Crippen molar-refractivity contribution in [3.8, 4) is 0 Å². The van der Waals surface area contributed by atoms with E-state index in [0.717, 1.165) is 43.1 Å². The van der Waals surface area contributed by atoms with Crippen molar-refractivity contribution in [3.05, 3.63) is 41.2 Å². The Morgan fingerprint density at radius 3 is 3.13 bits per heavy atom. The van der Waals surface area contributed by atoms with Gasteiger partial charge in [0, 0.05) is 30.9 Å². The molecule has 3 rings (SSSR count). The molecule has 0 radical (unpaired) electrons. The van der Waals surface area contributed by atoms with Gasteiger partial charge in [0.15, 0.2) is 0 Å². The molecule has 0 saturated carbocycles. The van der Waals surface area contributed by atoms with Crippen molar-refractivity contribution >= 4 is 5.91 Å². The Bertz CT molecular complexity index is 683. The van der Waals surface area contributed by atoms with Crippen LogP contribution >= 0.6 is 0 Å². The summed E-state index contributed by atoms with van der Waals surface area (Å²) in [5.74, 6) is 0.787. The first-order chi connectivity index (χ1) is 11.1. The Kier molecular flexibility index (Phi) is 4.66. The maximum atomic E-state index is 11.0. The molecule has 1 amide bonds. The normalized spacial score (nSPS) is 18.3. The van der Waals surface area contributed by atoms with E-state index in [1.165, 1.54) is 12.5 Å². The third-order valence-corrected chi connectivity index (χ3v) is 4.22. The molecule has 0 bridgehead atoms. The second kappa shape index (κ2) is 6.87. The SMILES string of the molecule is CC(=O)NCc1ccnc(C2CCCN2Cc2cn[nH]c2C)n1. The number of H-pyrrole nitrogens is 1. The van der Waals surface area contributed by atoms with Gasteiger partial charge in [-0.05, 0) is 32.4 Å². The summed E-state index contributed by atoms with van der Waals surface area (Å²) >= 11 is 0. The van der Waals surface area contributed by atoms with Crippen molar-refractivity contribution < 1.29 is 4.79 Å². The Labute approximate surface area is 135 Å². The number of likely N-dealkylation sites (tertiary alicyclic amines) is 1. The molecule has 0 aliphatic carbocycles. The number of hydrogen-bond acceptors (Lipinski definition) is 5. The standard InChI is InChI=1S/C16H22N6O/c1-11-13(8-19-21-11)10-22-7-3-4-15(22)16-17-6-5-14(20-16)9-18-12(2)23/h5-6,8,15H,3-4,7,9-10H2,1-2H3,(H,18,23)(H,19,21). The number of nitrogens with zero attached hydrogens (tertiary/aromatic N) is 4. The average molecular weight is 314 g/mol. The van der Waals surface area contributed by atoms with Crippen LogP contribution in [0.5, 0.6) is 0 Å². The van der Waals surface area contributed by atoms with E-state index in [0.29, 0.717) is 6.54 Å². The molecular weight excluding hydrogens is 292 g/mol. The van der Waals surface area contributed by atoms with Gasteiger partial charge in [-0.3, -0.25) is 14.8 Å². The summed E-state index contributed by atoms with van der Waals surface area (Å²) in [6.07, 6.45) is 5.86. The number of nitrogens with one attached hydrogen (secondary N) is 2. The number of rotatable bonds is 5. The maximum absolute atomic E-state index is 11.0. The van der Waals surface area contributed by atoms with Gasteiger partial charge in [0.25, 0.3) is 0 Å². The van der Waals surface area contributed by atoms with Gasteiger partial charge in [-0.2, -0.15) is 5.10 Å². The fraction of sp³-hybridized carbons (Fsp3) is 0.500. The molecule has 2 aromatic rings. The lowest BCUT2D eigenvalue weighted by atomic mass is 10.2. The van der Waals surface area contributed by atoms with Crippen molar-refractivity contribution in [1.82, 2.24) is 30.4 Å². The van der Waals surface area contributed by atoms with Crippen molar-refractivity contribution in [2.45, 2.75) is 45.8 Å². The molecule has 1 atom stereocenters. The molecule has 2 aromatic heterocycles. The largest absolute Gasteiger partial charge is 0.351 e. The Hall–Kier alpha value is -2.28. The van der Waals surface area contributed by atoms with E-state index in [2.05, 4.69) is 30.4 Å². The molecule has 1 aliphatic heterocycles. The summed E-state index contributed by atoms with van der Waals surface area (Å²) in [7, 11) is 0. The van der Waals surface area contributed by atoms with Gasteiger partial charge in [-0.25, -0.2) is 9.97 Å². The van der Waals surface area contributed by atoms with Crippen LogP contribution in [0.15, 0.2) is 18.5 Å². The van der Waals surface area contributed by atoms with E-state index in [1.807, 2.05) is 19.2 Å². The van der Waals surface area contributed by atoms with Crippen molar-refractivity contribution in [2.75, 3.05) is 6.54 Å². The molecule has 7 heteroatoms. The van der Waals surface area contributed by atoms with Crippen LogP contribution in [-0.4, -0.2) is 37.5 Å². The summed E-state index contributed by atoms with van der Waals surface area (Å²) in [5, 5.41) is 9.86. The van der Waals surface area contributed by atoms with Gasteiger partial charge >= 0.3 is 0 Å². The highest BCUT2D eigenvalue weighted by Gasteiger charge is 2.28. The van der Waals surface area contributed by atoms with E-state index in [4.69, 9.17) is 0 Å². The van der Waals surface area contributed by atoms with Gasteiger partial charge in [-0.1, -0.05) is 0 Å². The number of aromatic amines is 1. The molecule has 2 N–H and O–H groups in total. The number of carbonyl (C=O) groups excluding carboxylic acids is 1. The zero-order valence-corrected chi connectivity index (χ0v) is 13.5. The molecule has 0 aromatic carbocycles. The lowest BCUT2D eigenvalue weighted by Crippen LogP contribution is -2.25. The van der Waals surface area contributed by atoms with Gasteiger partial charge in [0.1, 0.15) is 5.82 Å². The fourth-order valence-corrected chi connectivity index (χ4v) is 2.95. The predicted molar refractivity (Wildman–Crippen MR) is 85.3 cm³/mol. The highest BCUT2D eigenvalue weighted by atomic mass is 16.1. The second-order valence-corrected chi connectivity index (χ2v) is 5.96. The molecule has 122 valence electrons. The molecule has 1 aliphatic rings. The highest BCUT2D eigenvalue weighted by Crippen LogP contribution is 2.31. The first-order valence-electron chi connectivity index (χ1n) is 7.92. The molecule has 3 heterocycles. The smallest absolute Gasteiger partial charge is 0.217 e. The van der Waals surface area contributed by atoms with Crippen molar-refractivity contribution in [2.24, 2.45) is 0 Å². The van der Waals surface area contributed by atoms with Crippen LogP contribution in [0.4, 0.5) is 0 Å². The van der Waals surface area contributed by atoms with Crippen LogP contribution in [0.3, 0.4) is 0 Å². The average Bonchev–Trinajstić information content (AvgIpc) is 3.16. The third kappa shape index (κ3) is 3.73. The highest BCUT2D eigenvalue weighted by molar-refractivity contribution is 5.72. The first kappa shape index (κ1) is 15.6. The van der Waals surface area contributed by atoms with E-state index < -0.39 is 0 Å². The number of hydrogen-bond donors (Lipinski definition) is 2. The van der Waals surface area contributed by atoms with E-state index >= 15 is 0 Å². The van der Waals surface area contributed by atoms with Crippen LogP contribution in [0.25, 0.3) is 0 Å². The number of carbonyl (C=O) groups is 1. The number of aryl methyl sites for hydroxylation is 1. The summed E-state index contributed by atoms with van der Waals surface area (Å²) in [5.41, 5.74) is 3.17. The maximum Gasteiger partial charge on any atom is 0.217 e. The zero-order chi connectivity index (χ0) is 16.2. The summed E-state index contributed by atoms with van der Waals surface area (Å²) in [6.45, 7) is 5.88. The Morgan fingerprint density at radius 1 is 1.52 bits per heavy atom. The topological polar surface area (TPSA) is 86.8 Å². The number of aromatic nitrogens is 4. The fourth-order valence-electron chi connectivity index (χ4n) is 2.95. The van der Waals surface area contributed by atoms with E-state index in [-0.39, 0.29) is 11.9 Å². The third-order valence-electron chi connectivity index (χ3n) is 4.22. The van der Waals surface area contributed by atoms with E-state index in [9.17, 15) is 4.79 Å².